The first-order chi connectivity index (χ1) is 16.1. The standard InChI is InChI=1S/C26H34N4O4/c1-26(2,3)34-24(32)18-30-17-20-21(28-25(30)27)13-10-14-22(20)33-16-9-8-15-23(31)29(4)19-11-6-5-7-12-19/h5-7,10-14H,8-9,15-18H2,1-4H3,(H2,27,28). The molecular formula is C26H34N4O4. The maximum Gasteiger partial charge on any atom is 0.326 e. The molecule has 0 bridgehead atoms. The van der Waals surface area contributed by atoms with Gasteiger partial charge in [-0.15, -0.1) is 0 Å². The van der Waals surface area contributed by atoms with Gasteiger partial charge in [-0.2, -0.15) is 0 Å². The van der Waals surface area contributed by atoms with Crippen molar-refractivity contribution in [2.45, 2.75) is 52.2 Å². The monoisotopic (exact) mass is 466 g/mol. The molecule has 8 heteroatoms. The molecule has 0 fully saturated rings. The van der Waals surface area contributed by atoms with Crippen molar-refractivity contribution >= 4 is 29.2 Å². The molecule has 1 amide bonds. The van der Waals surface area contributed by atoms with Crippen molar-refractivity contribution in [2.24, 2.45) is 10.7 Å². The number of guanidine groups is 1. The molecule has 2 aromatic rings. The summed E-state index contributed by atoms with van der Waals surface area (Å²) in [6, 6.07) is 15.2. The van der Waals surface area contributed by atoms with E-state index >= 15 is 0 Å². The molecule has 0 spiro atoms. The Morgan fingerprint density at radius 2 is 1.82 bits per heavy atom. The Kier molecular flexibility index (Phi) is 8.15. The molecule has 0 aromatic heterocycles. The van der Waals surface area contributed by atoms with Gasteiger partial charge in [-0.1, -0.05) is 24.3 Å². The molecule has 0 aliphatic carbocycles. The van der Waals surface area contributed by atoms with Crippen LogP contribution >= 0.6 is 0 Å². The number of aliphatic imine (C=N–C) groups is 1. The number of amides is 1. The van der Waals surface area contributed by atoms with Crippen LogP contribution in [-0.2, 0) is 20.9 Å². The first-order valence-corrected chi connectivity index (χ1v) is 11.5. The van der Waals surface area contributed by atoms with E-state index in [0.717, 1.165) is 29.8 Å². The molecule has 1 heterocycles. The number of rotatable bonds is 9. The number of nitrogens with zero attached hydrogens (tertiary/aromatic N) is 3. The van der Waals surface area contributed by atoms with Crippen LogP contribution < -0.4 is 15.4 Å². The quantitative estimate of drug-likeness (QED) is 0.443. The van der Waals surface area contributed by atoms with Gasteiger partial charge in [0.1, 0.15) is 17.9 Å². The molecule has 8 nitrogen and oxygen atoms in total. The SMILES string of the molecule is CN(C(=O)CCCCOc1cccc2c1CN(CC(=O)OC(C)(C)C)C(N)=N2)c1ccccc1. The third kappa shape index (κ3) is 6.97. The minimum Gasteiger partial charge on any atom is -0.493 e. The fraction of sp³-hybridized carbons (Fsp3) is 0.423. The van der Waals surface area contributed by atoms with Gasteiger partial charge in [-0.3, -0.25) is 9.59 Å². The molecule has 0 atom stereocenters. The van der Waals surface area contributed by atoms with Crippen LogP contribution in [-0.4, -0.2) is 48.5 Å². The van der Waals surface area contributed by atoms with E-state index in [-0.39, 0.29) is 24.4 Å². The third-order valence-electron chi connectivity index (χ3n) is 5.32. The lowest BCUT2D eigenvalue weighted by molar-refractivity contribution is -0.155. The van der Waals surface area contributed by atoms with E-state index in [1.54, 1.807) is 16.8 Å². The predicted octanol–water partition coefficient (Wildman–Crippen LogP) is 4.00. The largest absolute Gasteiger partial charge is 0.493 e. The molecule has 0 saturated heterocycles. The smallest absolute Gasteiger partial charge is 0.326 e. The first-order valence-electron chi connectivity index (χ1n) is 11.5. The summed E-state index contributed by atoms with van der Waals surface area (Å²) in [5, 5.41) is 0. The van der Waals surface area contributed by atoms with Crippen LogP contribution in [0.3, 0.4) is 0 Å². The van der Waals surface area contributed by atoms with Gasteiger partial charge >= 0.3 is 5.97 Å². The van der Waals surface area contributed by atoms with Crippen molar-refractivity contribution in [3.8, 4) is 5.75 Å². The highest BCUT2D eigenvalue weighted by Crippen LogP contribution is 2.33. The lowest BCUT2D eigenvalue weighted by Crippen LogP contribution is -2.43. The number of fused-ring (bicyclic) bond motifs is 1. The number of hydrogen-bond acceptors (Lipinski definition) is 7. The van der Waals surface area contributed by atoms with Gasteiger partial charge in [-0.05, 0) is 57.9 Å². The van der Waals surface area contributed by atoms with Crippen LogP contribution in [0.1, 0.15) is 45.6 Å². The number of carbonyl (C=O) groups is 2. The zero-order valence-corrected chi connectivity index (χ0v) is 20.4. The van der Waals surface area contributed by atoms with Crippen molar-refractivity contribution < 1.29 is 19.1 Å². The maximum atomic E-state index is 12.4. The zero-order valence-electron chi connectivity index (χ0n) is 20.4. The van der Waals surface area contributed by atoms with Crippen molar-refractivity contribution in [1.29, 1.82) is 0 Å². The molecule has 2 N–H and O–H groups in total. The average Bonchev–Trinajstić information content (AvgIpc) is 2.78. The van der Waals surface area contributed by atoms with Gasteiger partial charge in [0, 0.05) is 24.7 Å². The normalized spacial score (nSPS) is 13.1. The summed E-state index contributed by atoms with van der Waals surface area (Å²) in [4.78, 5) is 32.5. The van der Waals surface area contributed by atoms with Crippen molar-refractivity contribution in [2.75, 3.05) is 25.1 Å². The molecule has 0 unspecified atom stereocenters. The predicted molar refractivity (Wildman–Crippen MR) is 133 cm³/mol. The molecular weight excluding hydrogens is 432 g/mol. The molecule has 1 aliphatic rings. The fourth-order valence-electron chi connectivity index (χ4n) is 3.61. The van der Waals surface area contributed by atoms with E-state index in [0.29, 0.717) is 25.3 Å². The number of carbonyl (C=O) groups excluding carboxylic acids is 2. The summed E-state index contributed by atoms with van der Waals surface area (Å²) in [7, 11) is 1.79. The van der Waals surface area contributed by atoms with Gasteiger partial charge in [0.25, 0.3) is 0 Å². The number of para-hydroxylation sites is 1. The number of benzene rings is 2. The number of anilines is 1. The lowest BCUT2D eigenvalue weighted by Gasteiger charge is -2.29. The van der Waals surface area contributed by atoms with E-state index < -0.39 is 5.60 Å². The van der Waals surface area contributed by atoms with Crippen LogP contribution in [0.15, 0.2) is 53.5 Å². The number of esters is 1. The maximum absolute atomic E-state index is 12.4. The Bertz CT molecular complexity index is 1030. The summed E-state index contributed by atoms with van der Waals surface area (Å²) in [5.74, 6) is 0.691. The van der Waals surface area contributed by atoms with E-state index in [4.69, 9.17) is 15.2 Å². The van der Waals surface area contributed by atoms with Crippen LogP contribution in [0.5, 0.6) is 5.75 Å². The van der Waals surface area contributed by atoms with Crippen LogP contribution in [0.4, 0.5) is 11.4 Å². The van der Waals surface area contributed by atoms with Crippen molar-refractivity contribution in [3.05, 3.63) is 54.1 Å². The average molecular weight is 467 g/mol. The highest BCUT2D eigenvalue weighted by Gasteiger charge is 2.25. The van der Waals surface area contributed by atoms with Gasteiger partial charge in [0.05, 0.1) is 18.8 Å². The fourth-order valence-corrected chi connectivity index (χ4v) is 3.61. The molecule has 3 rings (SSSR count). The molecule has 0 saturated carbocycles. The minimum atomic E-state index is -0.567. The molecule has 2 aromatic carbocycles. The topological polar surface area (TPSA) is 97.5 Å². The van der Waals surface area contributed by atoms with Crippen LogP contribution in [0, 0.1) is 0 Å². The van der Waals surface area contributed by atoms with E-state index in [1.165, 1.54) is 0 Å². The molecule has 0 radical (unpaired) electrons. The number of nitrogens with two attached hydrogens (primary N) is 1. The number of hydrogen-bond donors (Lipinski definition) is 1. The summed E-state index contributed by atoms with van der Waals surface area (Å²) >= 11 is 0. The van der Waals surface area contributed by atoms with Crippen LogP contribution in [0.2, 0.25) is 0 Å². The van der Waals surface area contributed by atoms with E-state index in [1.807, 2.05) is 69.3 Å². The Morgan fingerprint density at radius 3 is 2.53 bits per heavy atom. The second-order valence-electron chi connectivity index (χ2n) is 9.26. The zero-order chi connectivity index (χ0) is 24.7. The highest BCUT2D eigenvalue weighted by atomic mass is 16.6. The summed E-state index contributed by atoms with van der Waals surface area (Å²) in [5.41, 5.74) is 8.01. The summed E-state index contributed by atoms with van der Waals surface area (Å²) in [6.07, 6.45) is 1.91. The van der Waals surface area contributed by atoms with Gasteiger partial charge < -0.3 is 25.0 Å². The molecule has 34 heavy (non-hydrogen) atoms. The number of unbranched alkanes of at least 4 members (excludes halogenated alkanes) is 1. The summed E-state index contributed by atoms with van der Waals surface area (Å²) < 4.78 is 11.4. The second kappa shape index (κ2) is 11.0. The van der Waals surface area contributed by atoms with Crippen molar-refractivity contribution in [1.82, 2.24) is 4.90 Å². The second-order valence-corrected chi connectivity index (χ2v) is 9.26. The van der Waals surface area contributed by atoms with Crippen molar-refractivity contribution in [3.63, 3.8) is 0 Å². The Labute approximate surface area is 201 Å². The van der Waals surface area contributed by atoms with Crippen LogP contribution in [0.25, 0.3) is 0 Å². The molecule has 182 valence electrons. The summed E-state index contributed by atoms with van der Waals surface area (Å²) in [6.45, 7) is 6.37. The van der Waals surface area contributed by atoms with Gasteiger partial charge in [0.15, 0.2) is 5.96 Å². The Hall–Kier alpha value is -3.55. The third-order valence-corrected chi connectivity index (χ3v) is 5.32. The van der Waals surface area contributed by atoms with Gasteiger partial charge in [0.2, 0.25) is 5.91 Å². The van der Waals surface area contributed by atoms with E-state index in [9.17, 15) is 9.59 Å². The molecule has 1 aliphatic heterocycles. The Balaban J connectivity index is 1.51. The minimum absolute atomic E-state index is 0.0113. The van der Waals surface area contributed by atoms with E-state index in [2.05, 4.69) is 4.99 Å². The first kappa shape index (κ1) is 25.1. The highest BCUT2D eigenvalue weighted by molar-refractivity contribution is 5.92. The Morgan fingerprint density at radius 1 is 1.09 bits per heavy atom. The lowest BCUT2D eigenvalue weighted by atomic mass is 10.1. The van der Waals surface area contributed by atoms with Gasteiger partial charge in [-0.25, -0.2) is 4.99 Å². The number of ether oxygens (including phenoxy) is 2.